The van der Waals surface area contributed by atoms with Gasteiger partial charge in [-0.25, -0.2) is 4.79 Å². The van der Waals surface area contributed by atoms with Gasteiger partial charge in [0.15, 0.2) is 0 Å². The van der Waals surface area contributed by atoms with Gasteiger partial charge in [-0.2, -0.15) is 0 Å². The molecule has 118 valence electrons. The van der Waals surface area contributed by atoms with E-state index in [1.807, 2.05) is 30.3 Å². The Bertz CT molecular complexity index is 385. The predicted molar refractivity (Wildman–Crippen MR) is 77.9 cm³/mol. The molecule has 0 bridgehead atoms. The van der Waals surface area contributed by atoms with E-state index in [4.69, 9.17) is 18.9 Å². The van der Waals surface area contributed by atoms with Gasteiger partial charge < -0.3 is 23.8 Å². The van der Waals surface area contributed by atoms with Crippen LogP contribution in [0.25, 0.3) is 0 Å². The van der Waals surface area contributed by atoms with Gasteiger partial charge in [-0.15, -0.1) is 0 Å². The predicted octanol–water partition coefficient (Wildman–Crippen LogP) is 1.89. The number of ether oxygens (including phenoxy) is 4. The lowest BCUT2D eigenvalue weighted by atomic mass is 10.2. The Kier molecular flexibility index (Phi) is 9.19. The van der Waals surface area contributed by atoms with Crippen LogP contribution in [0, 0.1) is 0 Å². The largest absolute Gasteiger partial charge is 0.445 e. The molecular formula is C15H23NO5. The first kappa shape index (κ1) is 17.4. The molecule has 6 heteroatoms. The van der Waals surface area contributed by atoms with Crippen molar-refractivity contribution in [1.82, 2.24) is 4.90 Å². The number of rotatable bonds is 10. The van der Waals surface area contributed by atoms with Gasteiger partial charge in [-0.05, 0) is 5.56 Å². The summed E-state index contributed by atoms with van der Waals surface area (Å²) >= 11 is 0. The average Bonchev–Trinajstić information content (AvgIpc) is 2.52. The summed E-state index contributed by atoms with van der Waals surface area (Å²) in [6.07, 6.45) is -0.372. The molecule has 1 aromatic carbocycles. The van der Waals surface area contributed by atoms with Crippen molar-refractivity contribution in [3.8, 4) is 0 Å². The molecule has 0 aliphatic carbocycles. The zero-order valence-electron chi connectivity index (χ0n) is 12.6. The summed E-state index contributed by atoms with van der Waals surface area (Å²) in [7, 11) is 3.28. The normalized spacial score (nSPS) is 10.4. The van der Waals surface area contributed by atoms with Crippen molar-refractivity contribution < 1.29 is 23.7 Å². The number of hydrogen-bond acceptors (Lipinski definition) is 5. The van der Waals surface area contributed by atoms with Gasteiger partial charge in [0, 0.05) is 20.7 Å². The number of carbonyl (C=O) groups excluding carboxylic acids is 1. The van der Waals surface area contributed by atoms with Crippen molar-refractivity contribution in [2.24, 2.45) is 0 Å². The molecule has 0 atom stereocenters. The van der Waals surface area contributed by atoms with Crippen LogP contribution in [0.4, 0.5) is 4.79 Å². The zero-order valence-corrected chi connectivity index (χ0v) is 12.6. The maximum atomic E-state index is 11.7. The molecular weight excluding hydrogens is 274 g/mol. The molecule has 1 rings (SSSR count). The second kappa shape index (κ2) is 11.1. The second-order valence-electron chi connectivity index (χ2n) is 4.39. The summed E-state index contributed by atoms with van der Waals surface area (Å²) in [6.45, 7) is 2.33. The number of hydrogen-bond donors (Lipinski definition) is 0. The van der Waals surface area contributed by atoms with Gasteiger partial charge in [0.05, 0.1) is 19.8 Å². The van der Waals surface area contributed by atoms with Crippen LogP contribution in [0.3, 0.4) is 0 Å². The summed E-state index contributed by atoms with van der Waals surface area (Å²) in [4.78, 5) is 13.2. The van der Waals surface area contributed by atoms with Crippen molar-refractivity contribution in [2.75, 3.05) is 47.3 Å². The Labute approximate surface area is 125 Å². The molecule has 0 radical (unpaired) electrons. The van der Waals surface area contributed by atoms with Gasteiger partial charge in [0.25, 0.3) is 0 Å². The van der Waals surface area contributed by atoms with Crippen LogP contribution >= 0.6 is 0 Å². The molecule has 1 aromatic rings. The maximum Gasteiger partial charge on any atom is 0.409 e. The van der Waals surface area contributed by atoms with Crippen molar-refractivity contribution in [2.45, 2.75) is 6.61 Å². The Morgan fingerprint density at radius 3 is 2.52 bits per heavy atom. The molecule has 0 aromatic heterocycles. The minimum absolute atomic E-state index is 0.191. The van der Waals surface area contributed by atoms with Crippen molar-refractivity contribution >= 4 is 6.09 Å². The summed E-state index contributed by atoms with van der Waals surface area (Å²) in [5, 5.41) is 0. The van der Waals surface area contributed by atoms with Gasteiger partial charge in [-0.1, -0.05) is 30.3 Å². The van der Waals surface area contributed by atoms with E-state index < -0.39 is 0 Å². The van der Waals surface area contributed by atoms with Gasteiger partial charge in [0.2, 0.25) is 0 Å². The van der Waals surface area contributed by atoms with E-state index in [9.17, 15) is 4.79 Å². The Morgan fingerprint density at radius 1 is 1.10 bits per heavy atom. The smallest absolute Gasteiger partial charge is 0.409 e. The third kappa shape index (κ3) is 8.29. The SMILES string of the molecule is COCCOCOCCN(C)C(=O)OCc1ccccc1. The summed E-state index contributed by atoms with van der Waals surface area (Å²) < 4.78 is 20.4. The number of likely N-dealkylation sites (N-methyl/N-ethyl adjacent to an activating group) is 1. The Morgan fingerprint density at radius 2 is 1.81 bits per heavy atom. The van der Waals surface area contributed by atoms with E-state index >= 15 is 0 Å². The molecule has 0 aliphatic heterocycles. The highest BCUT2D eigenvalue weighted by Gasteiger charge is 2.09. The summed E-state index contributed by atoms with van der Waals surface area (Å²) in [5.41, 5.74) is 0.960. The average molecular weight is 297 g/mol. The van der Waals surface area contributed by atoms with Crippen LogP contribution < -0.4 is 0 Å². The Hall–Kier alpha value is -1.63. The van der Waals surface area contributed by atoms with Crippen LogP contribution in [0.2, 0.25) is 0 Å². The number of methoxy groups -OCH3 is 1. The molecule has 0 fully saturated rings. The second-order valence-corrected chi connectivity index (χ2v) is 4.39. The molecule has 1 amide bonds. The third-order valence-corrected chi connectivity index (χ3v) is 2.69. The van der Waals surface area contributed by atoms with Crippen molar-refractivity contribution in [3.05, 3.63) is 35.9 Å². The Balaban J connectivity index is 2.06. The molecule has 0 unspecified atom stereocenters. The lowest BCUT2D eigenvalue weighted by molar-refractivity contribution is -0.0682. The fourth-order valence-electron chi connectivity index (χ4n) is 1.44. The lowest BCUT2D eigenvalue weighted by Crippen LogP contribution is -2.30. The first-order valence-electron chi connectivity index (χ1n) is 6.80. The van der Waals surface area contributed by atoms with Crippen LogP contribution in [0.5, 0.6) is 0 Å². The molecule has 0 spiro atoms. The molecule has 6 nitrogen and oxygen atoms in total. The molecule has 0 saturated carbocycles. The van der Waals surface area contributed by atoms with Crippen LogP contribution in [0.1, 0.15) is 5.56 Å². The zero-order chi connectivity index (χ0) is 15.3. The molecule has 0 heterocycles. The van der Waals surface area contributed by atoms with E-state index in [1.54, 1.807) is 14.2 Å². The van der Waals surface area contributed by atoms with Gasteiger partial charge in [0.1, 0.15) is 13.4 Å². The summed E-state index contributed by atoms with van der Waals surface area (Å²) in [5.74, 6) is 0. The minimum Gasteiger partial charge on any atom is -0.445 e. The lowest BCUT2D eigenvalue weighted by Gasteiger charge is -2.17. The summed E-state index contributed by atoms with van der Waals surface area (Å²) in [6, 6.07) is 9.56. The highest BCUT2D eigenvalue weighted by molar-refractivity contribution is 5.67. The topological polar surface area (TPSA) is 57.2 Å². The van der Waals surface area contributed by atoms with Gasteiger partial charge >= 0.3 is 6.09 Å². The maximum absolute atomic E-state index is 11.7. The molecule has 0 N–H and O–H groups in total. The molecule has 0 saturated heterocycles. The quantitative estimate of drug-likeness (QED) is 0.487. The van der Waals surface area contributed by atoms with Crippen LogP contribution in [-0.2, 0) is 25.6 Å². The third-order valence-electron chi connectivity index (χ3n) is 2.69. The minimum atomic E-state index is -0.372. The number of carbonyl (C=O) groups is 1. The highest BCUT2D eigenvalue weighted by atomic mass is 16.7. The van der Waals surface area contributed by atoms with Crippen LogP contribution in [-0.4, -0.2) is 58.3 Å². The number of benzene rings is 1. The fraction of sp³-hybridized carbons (Fsp3) is 0.533. The van der Waals surface area contributed by atoms with Gasteiger partial charge in [-0.3, -0.25) is 0 Å². The van der Waals surface area contributed by atoms with E-state index in [2.05, 4.69) is 0 Å². The van der Waals surface area contributed by atoms with Crippen LogP contribution in [0.15, 0.2) is 30.3 Å². The molecule has 0 aliphatic rings. The monoisotopic (exact) mass is 297 g/mol. The van der Waals surface area contributed by atoms with E-state index in [0.717, 1.165) is 5.56 Å². The standard InChI is InChI=1S/C15H23NO5/c1-16(8-9-19-13-20-11-10-18-2)15(17)21-12-14-6-4-3-5-7-14/h3-7H,8-13H2,1-2H3. The van der Waals surface area contributed by atoms with E-state index in [-0.39, 0.29) is 19.5 Å². The van der Waals surface area contributed by atoms with E-state index in [0.29, 0.717) is 26.4 Å². The first-order valence-corrected chi connectivity index (χ1v) is 6.80. The fourth-order valence-corrected chi connectivity index (χ4v) is 1.44. The van der Waals surface area contributed by atoms with Crippen molar-refractivity contribution in [1.29, 1.82) is 0 Å². The first-order chi connectivity index (χ1) is 10.2. The highest BCUT2D eigenvalue weighted by Crippen LogP contribution is 2.02. The number of amides is 1. The van der Waals surface area contributed by atoms with E-state index in [1.165, 1.54) is 4.90 Å². The number of nitrogens with zero attached hydrogens (tertiary/aromatic N) is 1. The molecule has 21 heavy (non-hydrogen) atoms. The van der Waals surface area contributed by atoms with Crippen molar-refractivity contribution in [3.63, 3.8) is 0 Å².